The van der Waals surface area contributed by atoms with Crippen LogP contribution in [0.3, 0.4) is 0 Å². The number of benzene rings is 2. The van der Waals surface area contributed by atoms with Crippen molar-refractivity contribution in [2.75, 3.05) is 0 Å². The summed E-state index contributed by atoms with van der Waals surface area (Å²) >= 11 is 5.71. The molecule has 1 N–H and O–H groups in total. The highest BCUT2D eigenvalue weighted by Crippen LogP contribution is 2.33. The van der Waals surface area contributed by atoms with E-state index in [-0.39, 0.29) is 10.6 Å². The van der Waals surface area contributed by atoms with Crippen LogP contribution >= 0.6 is 11.6 Å². The maximum Gasteiger partial charge on any atom is 0.337 e. The molecule has 0 aliphatic heterocycles. The Morgan fingerprint density at radius 2 is 1.68 bits per heavy atom. The molecular formula is C13H6ClF3O2. The van der Waals surface area contributed by atoms with Crippen molar-refractivity contribution in [3.05, 3.63) is 58.4 Å². The van der Waals surface area contributed by atoms with Gasteiger partial charge < -0.3 is 5.11 Å². The van der Waals surface area contributed by atoms with Crippen molar-refractivity contribution in [3.63, 3.8) is 0 Å². The number of hydrogen-bond acceptors (Lipinski definition) is 1. The minimum atomic E-state index is -1.43. The first-order valence-corrected chi connectivity index (χ1v) is 5.46. The van der Waals surface area contributed by atoms with Crippen LogP contribution in [0, 0.1) is 17.5 Å². The Bertz CT molecular complexity index is 648. The number of carboxylic acids is 1. The number of carboxylic acid groups (broad SMARTS) is 1. The summed E-state index contributed by atoms with van der Waals surface area (Å²) in [4.78, 5) is 11.1. The van der Waals surface area contributed by atoms with Crippen LogP contribution in [0.1, 0.15) is 10.4 Å². The normalized spacial score (nSPS) is 10.5. The first kappa shape index (κ1) is 13.4. The molecule has 2 nitrogen and oxygen atoms in total. The topological polar surface area (TPSA) is 37.3 Å². The SMILES string of the molecule is O=C(O)c1c(Cl)cccc1-c1c(F)cc(F)cc1F. The summed E-state index contributed by atoms with van der Waals surface area (Å²) in [6.07, 6.45) is 0. The molecule has 0 aliphatic rings. The molecule has 2 aromatic carbocycles. The van der Waals surface area contributed by atoms with Crippen molar-refractivity contribution in [3.8, 4) is 11.1 Å². The van der Waals surface area contributed by atoms with E-state index in [4.69, 9.17) is 16.7 Å². The predicted octanol–water partition coefficient (Wildman–Crippen LogP) is 4.12. The third-order valence-corrected chi connectivity index (χ3v) is 2.82. The average Bonchev–Trinajstić information content (AvgIpc) is 2.26. The molecule has 0 spiro atoms. The molecule has 0 radical (unpaired) electrons. The molecule has 0 bridgehead atoms. The van der Waals surface area contributed by atoms with Gasteiger partial charge in [0.1, 0.15) is 17.5 Å². The van der Waals surface area contributed by atoms with E-state index in [1.54, 1.807) is 0 Å². The first-order valence-electron chi connectivity index (χ1n) is 5.08. The van der Waals surface area contributed by atoms with Crippen molar-refractivity contribution in [1.29, 1.82) is 0 Å². The molecule has 2 rings (SSSR count). The van der Waals surface area contributed by atoms with E-state index in [0.717, 1.165) is 0 Å². The highest BCUT2D eigenvalue weighted by Gasteiger charge is 2.21. The Morgan fingerprint density at radius 3 is 2.21 bits per heavy atom. The van der Waals surface area contributed by atoms with Crippen LogP contribution in [-0.4, -0.2) is 11.1 Å². The summed E-state index contributed by atoms with van der Waals surface area (Å²) in [6.45, 7) is 0. The molecule has 0 aliphatic carbocycles. The minimum Gasteiger partial charge on any atom is -0.478 e. The largest absolute Gasteiger partial charge is 0.478 e. The van der Waals surface area contributed by atoms with Gasteiger partial charge in [-0.3, -0.25) is 0 Å². The van der Waals surface area contributed by atoms with Crippen molar-refractivity contribution >= 4 is 17.6 Å². The number of hydrogen-bond donors (Lipinski definition) is 1. The minimum absolute atomic E-state index is 0.159. The van der Waals surface area contributed by atoms with Gasteiger partial charge in [-0.25, -0.2) is 18.0 Å². The zero-order chi connectivity index (χ0) is 14.2. The fraction of sp³-hybridized carbons (Fsp3) is 0. The summed E-state index contributed by atoms with van der Waals surface area (Å²) in [5.74, 6) is -4.90. The van der Waals surface area contributed by atoms with Gasteiger partial charge in [0.25, 0.3) is 0 Å². The Balaban J connectivity index is 2.80. The summed E-state index contributed by atoms with van der Waals surface area (Å²) in [7, 11) is 0. The second kappa shape index (κ2) is 4.93. The average molecular weight is 287 g/mol. The van der Waals surface area contributed by atoms with Gasteiger partial charge in [0.2, 0.25) is 0 Å². The van der Waals surface area contributed by atoms with Gasteiger partial charge in [-0.15, -0.1) is 0 Å². The van der Waals surface area contributed by atoms with E-state index in [2.05, 4.69) is 0 Å². The quantitative estimate of drug-likeness (QED) is 0.901. The molecule has 0 fully saturated rings. The molecule has 0 amide bonds. The lowest BCUT2D eigenvalue weighted by Gasteiger charge is -2.10. The van der Waals surface area contributed by atoms with Gasteiger partial charge in [-0.1, -0.05) is 23.7 Å². The van der Waals surface area contributed by atoms with Gasteiger partial charge in [-0.05, 0) is 6.07 Å². The van der Waals surface area contributed by atoms with Gasteiger partial charge in [-0.2, -0.15) is 0 Å². The zero-order valence-electron chi connectivity index (χ0n) is 9.25. The molecule has 0 saturated heterocycles. The monoisotopic (exact) mass is 286 g/mol. The molecule has 0 saturated carbocycles. The summed E-state index contributed by atoms with van der Waals surface area (Å²) in [5.41, 5.74) is -1.30. The standard InChI is InChI=1S/C13H6ClF3O2/c14-8-3-1-2-7(11(8)13(18)19)12-9(16)4-6(15)5-10(12)17/h1-5H,(H,18,19). The summed E-state index contributed by atoms with van der Waals surface area (Å²) in [5, 5.41) is 8.88. The van der Waals surface area contributed by atoms with Crippen LogP contribution in [0.15, 0.2) is 30.3 Å². The Morgan fingerprint density at radius 1 is 1.11 bits per heavy atom. The lowest BCUT2D eigenvalue weighted by atomic mass is 9.98. The maximum atomic E-state index is 13.7. The van der Waals surface area contributed by atoms with Gasteiger partial charge in [0.15, 0.2) is 0 Å². The smallest absolute Gasteiger partial charge is 0.337 e. The van der Waals surface area contributed by atoms with E-state index in [1.807, 2.05) is 0 Å². The van der Waals surface area contributed by atoms with Crippen LogP contribution in [0.5, 0.6) is 0 Å². The maximum absolute atomic E-state index is 13.7. The highest BCUT2D eigenvalue weighted by molar-refractivity contribution is 6.34. The van der Waals surface area contributed by atoms with E-state index in [1.165, 1.54) is 18.2 Å². The predicted molar refractivity (Wildman–Crippen MR) is 63.7 cm³/mol. The molecule has 0 aromatic heterocycles. The summed E-state index contributed by atoms with van der Waals surface area (Å²) < 4.78 is 40.2. The van der Waals surface area contributed by atoms with E-state index >= 15 is 0 Å². The van der Waals surface area contributed by atoms with E-state index < -0.39 is 34.5 Å². The summed E-state index contributed by atoms with van der Waals surface area (Å²) in [6, 6.07) is 4.80. The van der Waals surface area contributed by atoms with Gasteiger partial charge in [0.05, 0.1) is 16.1 Å². The van der Waals surface area contributed by atoms with Crippen LogP contribution in [-0.2, 0) is 0 Å². The highest BCUT2D eigenvalue weighted by atomic mass is 35.5. The Kier molecular flexibility index (Phi) is 3.48. The zero-order valence-corrected chi connectivity index (χ0v) is 10.0. The third-order valence-electron chi connectivity index (χ3n) is 2.50. The van der Waals surface area contributed by atoms with Crippen molar-refractivity contribution in [2.45, 2.75) is 0 Å². The van der Waals surface area contributed by atoms with Gasteiger partial charge in [0, 0.05) is 17.7 Å². The van der Waals surface area contributed by atoms with E-state index in [9.17, 15) is 18.0 Å². The Labute approximate surface area is 111 Å². The second-order valence-electron chi connectivity index (χ2n) is 3.71. The van der Waals surface area contributed by atoms with Gasteiger partial charge >= 0.3 is 5.97 Å². The number of carbonyl (C=O) groups is 1. The third kappa shape index (κ3) is 2.42. The van der Waals surface area contributed by atoms with Crippen molar-refractivity contribution < 1.29 is 23.1 Å². The molecule has 19 heavy (non-hydrogen) atoms. The first-order chi connectivity index (χ1) is 8.91. The number of rotatable bonds is 2. The van der Waals surface area contributed by atoms with Crippen LogP contribution in [0.25, 0.3) is 11.1 Å². The fourth-order valence-electron chi connectivity index (χ4n) is 1.75. The van der Waals surface area contributed by atoms with Crippen molar-refractivity contribution in [1.82, 2.24) is 0 Å². The number of aromatic carboxylic acids is 1. The fourth-order valence-corrected chi connectivity index (χ4v) is 2.00. The number of halogens is 4. The lowest BCUT2D eigenvalue weighted by Crippen LogP contribution is -2.03. The van der Waals surface area contributed by atoms with Crippen LogP contribution in [0.4, 0.5) is 13.2 Å². The van der Waals surface area contributed by atoms with Crippen LogP contribution < -0.4 is 0 Å². The molecule has 98 valence electrons. The van der Waals surface area contributed by atoms with Crippen LogP contribution in [0.2, 0.25) is 5.02 Å². The second-order valence-corrected chi connectivity index (χ2v) is 4.12. The molecule has 0 heterocycles. The molecule has 0 atom stereocenters. The van der Waals surface area contributed by atoms with Crippen molar-refractivity contribution in [2.24, 2.45) is 0 Å². The molecular weight excluding hydrogens is 281 g/mol. The Hall–Kier alpha value is -2.01. The molecule has 0 unspecified atom stereocenters. The molecule has 2 aromatic rings. The lowest BCUT2D eigenvalue weighted by molar-refractivity contribution is 0.0698. The van der Waals surface area contributed by atoms with E-state index in [0.29, 0.717) is 12.1 Å². The molecule has 6 heteroatoms.